The molecule has 1 aromatic rings. The zero-order valence-electron chi connectivity index (χ0n) is 12.3. The van der Waals surface area contributed by atoms with Crippen molar-refractivity contribution in [1.29, 1.82) is 0 Å². The monoisotopic (exact) mass is 390 g/mol. The van der Waals surface area contributed by atoms with Crippen LogP contribution in [-0.2, 0) is 9.53 Å². The van der Waals surface area contributed by atoms with Gasteiger partial charge < -0.3 is 14.2 Å². The number of rotatable bonds is 3. The third kappa shape index (κ3) is 4.50. The Morgan fingerprint density at radius 3 is 2.40 bits per heavy atom. The highest BCUT2D eigenvalue weighted by atomic mass is 35.5. The topological polar surface area (TPSA) is 44.8 Å². The number of hydrogen-bond acceptors (Lipinski definition) is 4. The van der Waals surface area contributed by atoms with Crippen LogP contribution in [0.5, 0.6) is 11.5 Å². The van der Waals surface area contributed by atoms with E-state index >= 15 is 0 Å². The first-order chi connectivity index (χ1) is 11.4. The van der Waals surface area contributed by atoms with Crippen LogP contribution in [0, 0.1) is 6.92 Å². The van der Waals surface area contributed by atoms with E-state index in [-0.39, 0.29) is 16.9 Å². The van der Waals surface area contributed by atoms with E-state index in [2.05, 4.69) is 9.47 Å². The van der Waals surface area contributed by atoms with E-state index in [9.17, 15) is 31.1 Å². The van der Waals surface area contributed by atoms with Crippen LogP contribution in [0.25, 0.3) is 6.08 Å². The highest BCUT2D eigenvalue weighted by molar-refractivity contribution is 6.17. The molecular weight excluding hydrogens is 382 g/mol. The van der Waals surface area contributed by atoms with Crippen LogP contribution in [0.2, 0.25) is 0 Å². The van der Waals surface area contributed by atoms with Crippen molar-refractivity contribution < 1.29 is 45.3 Å². The van der Waals surface area contributed by atoms with Gasteiger partial charge in [0, 0.05) is 5.56 Å². The first-order valence-corrected chi connectivity index (χ1v) is 7.04. The van der Waals surface area contributed by atoms with Crippen molar-refractivity contribution >= 4 is 23.6 Å². The van der Waals surface area contributed by atoms with Crippen LogP contribution >= 0.6 is 11.6 Å². The van der Waals surface area contributed by atoms with Crippen LogP contribution in [0.1, 0.15) is 11.1 Å². The molecule has 138 valence electrons. The fourth-order valence-electron chi connectivity index (χ4n) is 2.19. The largest absolute Gasteiger partial charge is 0.573 e. The number of aryl methyl sites for hydroxylation is 1. The van der Waals surface area contributed by atoms with Gasteiger partial charge in [0.15, 0.2) is 6.07 Å². The summed E-state index contributed by atoms with van der Waals surface area (Å²) in [6, 6.07) is 0.968. The van der Waals surface area contributed by atoms with Gasteiger partial charge in [-0.25, -0.2) is 4.79 Å². The molecular formula is C14H9ClF6O4. The molecule has 1 atom stereocenters. The first-order valence-electron chi connectivity index (χ1n) is 6.51. The molecule has 0 unspecified atom stereocenters. The summed E-state index contributed by atoms with van der Waals surface area (Å²) in [5.41, 5.74) is -1.17. The summed E-state index contributed by atoms with van der Waals surface area (Å²) in [7, 11) is 0. The van der Waals surface area contributed by atoms with E-state index < -0.39 is 42.0 Å². The molecule has 0 amide bonds. The summed E-state index contributed by atoms with van der Waals surface area (Å²) in [5.74, 6) is -2.39. The molecule has 0 fully saturated rings. The normalized spacial score (nSPS) is 17.3. The molecule has 0 N–H and O–H groups in total. The predicted molar refractivity (Wildman–Crippen MR) is 73.1 cm³/mol. The standard InChI is InChI=1S/C14H9ClF6O4/c1-6-2-8(25-14(19,20)21)3-7-4-9(12(22)23-5-15)11(13(16,17)18)24-10(6)7/h2-4,11H,5H2,1H3/t11-/m0/s1. The molecule has 1 aliphatic rings. The zero-order chi connectivity index (χ0) is 19.0. The lowest BCUT2D eigenvalue weighted by Crippen LogP contribution is -2.41. The van der Waals surface area contributed by atoms with E-state index in [1.807, 2.05) is 0 Å². The lowest BCUT2D eigenvalue weighted by atomic mass is 9.99. The zero-order valence-corrected chi connectivity index (χ0v) is 13.1. The molecule has 0 spiro atoms. The number of fused-ring (bicyclic) bond motifs is 1. The van der Waals surface area contributed by atoms with Gasteiger partial charge >= 0.3 is 18.5 Å². The maximum Gasteiger partial charge on any atom is 0.573 e. The van der Waals surface area contributed by atoms with Crippen LogP contribution in [-0.4, -0.2) is 30.7 Å². The van der Waals surface area contributed by atoms with Crippen molar-refractivity contribution in [2.24, 2.45) is 0 Å². The molecule has 1 heterocycles. The Labute approximate surface area is 141 Å². The van der Waals surface area contributed by atoms with Gasteiger partial charge in [0.05, 0.1) is 5.57 Å². The van der Waals surface area contributed by atoms with E-state index in [0.29, 0.717) is 0 Å². The predicted octanol–water partition coefficient (Wildman–Crippen LogP) is 4.34. The molecule has 11 heteroatoms. The van der Waals surface area contributed by atoms with Crippen molar-refractivity contribution in [2.45, 2.75) is 25.6 Å². The fraction of sp³-hybridized carbons (Fsp3) is 0.357. The Morgan fingerprint density at radius 2 is 1.88 bits per heavy atom. The van der Waals surface area contributed by atoms with E-state index in [0.717, 1.165) is 18.2 Å². The summed E-state index contributed by atoms with van der Waals surface area (Å²) < 4.78 is 89.3. The summed E-state index contributed by atoms with van der Waals surface area (Å²) in [4.78, 5) is 11.7. The minimum atomic E-state index is -4.99. The molecule has 4 nitrogen and oxygen atoms in total. The molecule has 0 bridgehead atoms. The smallest absolute Gasteiger partial charge is 0.475 e. The van der Waals surface area contributed by atoms with Crippen LogP contribution < -0.4 is 9.47 Å². The lowest BCUT2D eigenvalue weighted by Gasteiger charge is -2.29. The Balaban J connectivity index is 2.53. The number of halogens is 7. The third-order valence-electron chi connectivity index (χ3n) is 3.06. The van der Waals surface area contributed by atoms with E-state index in [4.69, 9.17) is 16.3 Å². The van der Waals surface area contributed by atoms with Crippen LogP contribution in [0.4, 0.5) is 26.3 Å². The molecule has 25 heavy (non-hydrogen) atoms. The van der Waals surface area contributed by atoms with Crippen LogP contribution in [0.3, 0.4) is 0 Å². The second-order valence-electron chi connectivity index (χ2n) is 4.89. The number of ether oxygens (including phenoxy) is 3. The third-order valence-corrected chi connectivity index (χ3v) is 3.17. The molecule has 0 saturated carbocycles. The highest BCUT2D eigenvalue weighted by Crippen LogP contribution is 2.41. The molecule has 0 aromatic heterocycles. The minimum Gasteiger partial charge on any atom is -0.475 e. The number of esters is 1. The van der Waals surface area contributed by atoms with Crippen LogP contribution in [0.15, 0.2) is 17.7 Å². The molecule has 0 saturated heterocycles. The van der Waals surface area contributed by atoms with Gasteiger partial charge in [-0.05, 0) is 30.7 Å². The number of carbonyl (C=O) groups is 1. The maximum atomic E-state index is 13.1. The quantitative estimate of drug-likeness (QED) is 0.437. The van der Waals surface area contributed by atoms with Gasteiger partial charge in [-0.1, -0.05) is 11.6 Å². The Bertz CT molecular complexity index is 710. The molecule has 1 aliphatic heterocycles. The SMILES string of the molecule is Cc1cc(OC(F)(F)F)cc2c1O[C@H](C(F)(F)F)C(C(=O)OCCl)=C2. The van der Waals surface area contributed by atoms with E-state index in [1.165, 1.54) is 6.92 Å². The van der Waals surface area contributed by atoms with Gasteiger partial charge in [-0.2, -0.15) is 13.2 Å². The van der Waals surface area contributed by atoms with Gasteiger partial charge in [0.2, 0.25) is 6.10 Å². The first kappa shape index (κ1) is 19.2. The molecule has 1 aromatic carbocycles. The van der Waals surface area contributed by atoms with Crippen molar-refractivity contribution in [3.05, 3.63) is 28.8 Å². The average molecular weight is 391 g/mol. The second-order valence-corrected chi connectivity index (χ2v) is 5.10. The second kappa shape index (κ2) is 6.66. The minimum absolute atomic E-state index is 0.0352. The summed E-state index contributed by atoms with van der Waals surface area (Å²) in [6.07, 6.45) is -11.8. The van der Waals surface area contributed by atoms with Crippen molar-refractivity contribution in [3.8, 4) is 11.5 Å². The van der Waals surface area contributed by atoms with Crippen molar-refractivity contribution in [1.82, 2.24) is 0 Å². The number of alkyl halides is 7. The number of benzene rings is 1. The Hall–Kier alpha value is -2.10. The molecule has 0 aliphatic carbocycles. The van der Waals surface area contributed by atoms with Crippen molar-refractivity contribution in [2.75, 3.05) is 6.07 Å². The summed E-state index contributed by atoms with van der Waals surface area (Å²) in [6.45, 7) is 1.24. The van der Waals surface area contributed by atoms with E-state index in [1.54, 1.807) is 0 Å². The summed E-state index contributed by atoms with van der Waals surface area (Å²) in [5, 5.41) is 0. The van der Waals surface area contributed by atoms with Gasteiger partial charge in [-0.3, -0.25) is 0 Å². The fourth-order valence-corrected chi connectivity index (χ4v) is 2.29. The number of hydrogen-bond donors (Lipinski definition) is 0. The van der Waals surface area contributed by atoms with Gasteiger partial charge in [0.25, 0.3) is 0 Å². The van der Waals surface area contributed by atoms with Gasteiger partial charge in [0.1, 0.15) is 11.5 Å². The number of carbonyl (C=O) groups excluding carboxylic acids is 1. The van der Waals surface area contributed by atoms with Gasteiger partial charge in [-0.15, -0.1) is 13.2 Å². The maximum absolute atomic E-state index is 13.1. The average Bonchev–Trinajstić information content (AvgIpc) is 2.43. The summed E-state index contributed by atoms with van der Waals surface area (Å²) >= 11 is 5.16. The highest BCUT2D eigenvalue weighted by Gasteiger charge is 2.49. The molecule has 0 radical (unpaired) electrons. The Kier molecular flexibility index (Phi) is 5.12. The van der Waals surface area contributed by atoms with Crippen molar-refractivity contribution in [3.63, 3.8) is 0 Å². The molecule has 2 rings (SSSR count). The lowest BCUT2D eigenvalue weighted by molar-refractivity contribution is -0.274. The Morgan fingerprint density at radius 1 is 1.24 bits per heavy atom.